The summed E-state index contributed by atoms with van der Waals surface area (Å²) in [5, 5.41) is 0.771. The molecule has 1 rings (SSSR count). The van der Waals surface area contributed by atoms with Crippen molar-refractivity contribution in [3.63, 3.8) is 0 Å². The zero-order chi connectivity index (χ0) is 13.5. The zero-order valence-electron chi connectivity index (χ0n) is 11.4. The summed E-state index contributed by atoms with van der Waals surface area (Å²) in [5.74, 6) is 0. The average molecular weight is 271 g/mol. The van der Waals surface area contributed by atoms with Crippen LogP contribution in [0.5, 0.6) is 0 Å². The number of hydrogen-bond donors (Lipinski definition) is 1. The molecule has 0 saturated carbocycles. The summed E-state index contributed by atoms with van der Waals surface area (Å²) in [6.45, 7) is 6.25. The van der Waals surface area contributed by atoms with Crippen molar-refractivity contribution in [3.8, 4) is 0 Å². The molecule has 0 bridgehead atoms. The Labute approximate surface area is 115 Å². The Hall–Kier alpha value is -0.770. The lowest BCUT2D eigenvalue weighted by molar-refractivity contribution is 0.0846. The molecule has 0 unspecified atom stereocenters. The van der Waals surface area contributed by atoms with Gasteiger partial charge in [-0.2, -0.15) is 0 Å². The molecule has 4 heteroatoms. The average Bonchev–Trinajstić information content (AvgIpc) is 2.28. The Balaban J connectivity index is 2.59. The lowest BCUT2D eigenvalue weighted by atomic mass is 10.1. The lowest BCUT2D eigenvalue weighted by Crippen LogP contribution is -2.24. The third kappa shape index (κ3) is 4.84. The topological polar surface area (TPSA) is 38.5 Å². The molecule has 0 atom stereocenters. The lowest BCUT2D eigenvalue weighted by Gasteiger charge is -2.21. The highest BCUT2D eigenvalue weighted by Gasteiger charge is 2.07. The van der Waals surface area contributed by atoms with Crippen LogP contribution in [0.1, 0.15) is 19.4 Å². The van der Waals surface area contributed by atoms with Crippen molar-refractivity contribution in [1.82, 2.24) is 0 Å². The van der Waals surface area contributed by atoms with Crippen molar-refractivity contribution in [2.24, 2.45) is 5.73 Å². The number of anilines is 1. The summed E-state index contributed by atoms with van der Waals surface area (Å²) >= 11 is 6.28. The Morgan fingerprint density at radius 1 is 1.39 bits per heavy atom. The predicted molar refractivity (Wildman–Crippen MR) is 78.6 cm³/mol. The molecular formula is C14H23ClN2O. The third-order valence-corrected chi connectivity index (χ3v) is 3.04. The van der Waals surface area contributed by atoms with E-state index >= 15 is 0 Å². The highest BCUT2D eigenvalue weighted by atomic mass is 35.5. The van der Waals surface area contributed by atoms with Crippen molar-refractivity contribution < 1.29 is 4.74 Å². The van der Waals surface area contributed by atoms with E-state index in [0.29, 0.717) is 13.2 Å². The van der Waals surface area contributed by atoms with Crippen LogP contribution in [0, 0.1) is 0 Å². The molecule has 0 fully saturated rings. The molecule has 0 aliphatic rings. The molecule has 0 aliphatic heterocycles. The van der Waals surface area contributed by atoms with Gasteiger partial charge in [0.15, 0.2) is 0 Å². The van der Waals surface area contributed by atoms with Gasteiger partial charge in [0.2, 0.25) is 0 Å². The Morgan fingerprint density at radius 2 is 2.11 bits per heavy atom. The summed E-state index contributed by atoms with van der Waals surface area (Å²) < 4.78 is 5.53. The molecular weight excluding hydrogens is 248 g/mol. The molecule has 0 aliphatic carbocycles. The van der Waals surface area contributed by atoms with Crippen molar-refractivity contribution in [3.05, 3.63) is 28.8 Å². The van der Waals surface area contributed by atoms with Crippen LogP contribution in [-0.4, -0.2) is 32.8 Å². The molecule has 1 aromatic carbocycles. The predicted octanol–water partition coefficient (Wildman–Crippen LogP) is 2.70. The first-order valence-electron chi connectivity index (χ1n) is 6.35. The van der Waals surface area contributed by atoms with Crippen LogP contribution in [0.3, 0.4) is 0 Å². The van der Waals surface area contributed by atoms with Gasteiger partial charge in [0.05, 0.1) is 23.4 Å². The van der Waals surface area contributed by atoms with E-state index in [1.54, 1.807) is 0 Å². The Bertz CT molecular complexity index is 369. The molecule has 0 saturated heterocycles. The highest BCUT2D eigenvalue weighted by molar-refractivity contribution is 6.33. The summed E-state index contributed by atoms with van der Waals surface area (Å²) in [5.41, 5.74) is 7.74. The number of rotatable bonds is 7. The summed E-state index contributed by atoms with van der Waals surface area (Å²) in [4.78, 5) is 2.11. The van der Waals surface area contributed by atoms with E-state index in [9.17, 15) is 0 Å². The van der Waals surface area contributed by atoms with Crippen LogP contribution in [0.25, 0.3) is 0 Å². The second kappa shape index (κ2) is 7.62. The van der Waals surface area contributed by atoms with Crippen LogP contribution in [-0.2, 0) is 11.2 Å². The van der Waals surface area contributed by atoms with Gasteiger partial charge in [0.25, 0.3) is 0 Å². The number of benzene rings is 1. The molecule has 0 heterocycles. The molecule has 0 radical (unpaired) electrons. The molecule has 0 amide bonds. The van der Waals surface area contributed by atoms with E-state index in [4.69, 9.17) is 22.1 Å². The number of ether oxygens (including phenoxy) is 1. The SMILES string of the molecule is CC(C)OCCN(C)c1ccc(CCN)cc1Cl. The van der Waals surface area contributed by atoms with Gasteiger partial charge in [-0.1, -0.05) is 17.7 Å². The van der Waals surface area contributed by atoms with E-state index in [-0.39, 0.29) is 6.10 Å². The summed E-state index contributed by atoms with van der Waals surface area (Å²) in [6.07, 6.45) is 1.13. The largest absolute Gasteiger partial charge is 0.377 e. The minimum atomic E-state index is 0.265. The van der Waals surface area contributed by atoms with Gasteiger partial charge < -0.3 is 15.4 Å². The second-order valence-corrected chi connectivity index (χ2v) is 5.07. The maximum absolute atomic E-state index is 6.28. The van der Waals surface area contributed by atoms with Gasteiger partial charge in [-0.15, -0.1) is 0 Å². The van der Waals surface area contributed by atoms with Crippen molar-refractivity contribution in [2.45, 2.75) is 26.4 Å². The first-order valence-corrected chi connectivity index (χ1v) is 6.73. The van der Waals surface area contributed by atoms with Gasteiger partial charge in [-0.05, 0) is 44.5 Å². The van der Waals surface area contributed by atoms with E-state index in [1.807, 2.05) is 33.0 Å². The quantitative estimate of drug-likeness (QED) is 0.828. The number of likely N-dealkylation sites (N-methyl/N-ethyl adjacent to an activating group) is 1. The van der Waals surface area contributed by atoms with Crippen LogP contribution < -0.4 is 10.6 Å². The molecule has 2 N–H and O–H groups in total. The standard InChI is InChI=1S/C14H23ClN2O/c1-11(2)18-9-8-17(3)14-5-4-12(6-7-16)10-13(14)15/h4-5,10-11H,6-9,16H2,1-3H3. The van der Waals surface area contributed by atoms with Crippen LogP contribution in [0.15, 0.2) is 18.2 Å². The minimum absolute atomic E-state index is 0.265. The third-order valence-electron chi connectivity index (χ3n) is 2.73. The minimum Gasteiger partial charge on any atom is -0.377 e. The molecule has 0 spiro atoms. The van der Waals surface area contributed by atoms with Crippen LogP contribution in [0.2, 0.25) is 5.02 Å². The van der Waals surface area contributed by atoms with Crippen molar-refractivity contribution in [1.29, 1.82) is 0 Å². The van der Waals surface area contributed by atoms with E-state index < -0.39 is 0 Å². The fourth-order valence-electron chi connectivity index (χ4n) is 1.73. The van der Waals surface area contributed by atoms with Gasteiger partial charge in [-0.25, -0.2) is 0 Å². The number of nitrogens with two attached hydrogens (primary N) is 1. The fraction of sp³-hybridized carbons (Fsp3) is 0.571. The van der Waals surface area contributed by atoms with Crippen molar-refractivity contribution in [2.75, 3.05) is 31.6 Å². The monoisotopic (exact) mass is 270 g/mol. The highest BCUT2D eigenvalue weighted by Crippen LogP contribution is 2.26. The first-order chi connectivity index (χ1) is 8.54. The summed E-state index contributed by atoms with van der Waals surface area (Å²) in [7, 11) is 2.02. The van der Waals surface area contributed by atoms with Gasteiger partial charge in [0.1, 0.15) is 0 Å². The number of nitrogens with zero attached hydrogens (tertiary/aromatic N) is 1. The maximum Gasteiger partial charge on any atom is 0.0644 e. The van der Waals surface area contributed by atoms with E-state index in [1.165, 1.54) is 5.56 Å². The molecule has 1 aromatic rings. The van der Waals surface area contributed by atoms with Gasteiger partial charge >= 0.3 is 0 Å². The molecule has 3 nitrogen and oxygen atoms in total. The van der Waals surface area contributed by atoms with Crippen LogP contribution in [0.4, 0.5) is 5.69 Å². The Morgan fingerprint density at radius 3 is 2.67 bits per heavy atom. The van der Waals surface area contributed by atoms with Gasteiger partial charge in [-0.3, -0.25) is 0 Å². The van der Waals surface area contributed by atoms with E-state index in [2.05, 4.69) is 11.0 Å². The molecule has 0 aromatic heterocycles. The number of hydrogen-bond acceptors (Lipinski definition) is 3. The maximum atomic E-state index is 6.28. The second-order valence-electron chi connectivity index (χ2n) is 4.67. The summed E-state index contributed by atoms with van der Waals surface area (Å²) in [6, 6.07) is 6.11. The Kier molecular flexibility index (Phi) is 6.47. The fourth-order valence-corrected chi connectivity index (χ4v) is 2.08. The molecule has 102 valence electrons. The van der Waals surface area contributed by atoms with E-state index in [0.717, 1.165) is 23.7 Å². The number of halogens is 1. The van der Waals surface area contributed by atoms with Crippen LogP contribution >= 0.6 is 11.6 Å². The molecule has 18 heavy (non-hydrogen) atoms. The normalized spacial score (nSPS) is 11.0. The van der Waals surface area contributed by atoms with Crippen molar-refractivity contribution >= 4 is 17.3 Å². The first kappa shape index (κ1) is 15.3. The zero-order valence-corrected chi connectivity index (χ0v) is 12.2. The van der Waals surface area contributed by atoms with Gasteiger partial charge in [0, 0.05) is 13.6 Å². The smallest absolute Gasteiger partial charge is 0.0644 e.